The van der Waals surface area contributed by atoms with Gasteiger partial charge in [-0.15, -0.1) is 0 Å². The van der Waals surface area contributed by atoms with E-state index in [1.54, 1.807) is 0 Å². The van der Waals surface area contributed by atoms with Gasteiger partial charge in [0.2, 0.25) is 0 Å². The molecule has 0 bridgehead atoms. The zero-order valence-corrected chi connectivity index (χ0v) is 40.3. The molecule has 1 spiro atoms. The summed E-state index contributed by atoms with van der Waals surface area (Å²) in [4.78, 5) is 4.95. The Morgan fingerprint density at radius 2 is 0.667 bits per heavy atom. The van der Waals surface area contributed by atoms with Crippen LogP contribution in [-0.2, 0) is 10.8 Å². The van der Waals surface area contributed by atoms with Gasteiger partial charge in [0.1, 0.15) is 0 Å². The summed E-state index contributed by atoms with van der Waals surface area (Å²) in [7, 11) is 0. The molecule has 0 heterocycles. The second-order valence-corrected chi connectivity index (χ2v) is 20.0. The van der Waals surface area contributed by atoms with Crippen LogP contribution in [0.1, 0.15) is 47.2 Å². The summed E-state index contributed by atoms with van der Waals surface area (Å²) >= 11 is 0. The number of nitrogens with zero attached hydrogens (tertiary/aromatic N) is 2. The van der Waals surface area contributed by atoms with Gasteiger partial charge >= 0.3 is 0 Å². The molecule has 3 aliphatic carbocycles. The van der Waals surface area contributed by atoms with E-state index in [1.807, 2.05) is 0 Å². The second kappa shape index (κ2) is 16.3. The molecule has 340 valence electrons. The van der Waals surface area contributed by atoms with Crippen molar-refractivity contribution in [2.24, 2.45) is 0 Å². The van der Waals surface area contributed by atoms with Crippen LogP contribution in [0.15, 0.2) is 267 Å². The third-order valence-corrected chi connectivity index (χ3v) is 15.9. The van der Waals surface area contributed by atoms with Crippen molar-refractivity contribution in [2.45, 2.75) is 24.7 Å². The minimum atomic E-state index is -0.595. The SMILES string of the molecule is CC1(C)c2ccccc2-c2ccc(N(c3ccc(-c4ccccc4)cc3)c3cccc4c3-c3ccccc3C43c4ccccc4-c4ccc(N(c5ccccc5)c5cccc(-c6ccccc6)c5)cc43)cc21. The summed E-state index contributed by atoms with van der Waals surface area (Å²) < 4.78 is 0. The maximum Gasteiger partial charge on any atom is 0.0727 e. The normalized spacial score (nSPS) is 15.0. The Bertz CT molecular complexity index is 3890. The van der Waals surface area contributed by atoms with Crippen molar-refractivity contribution in [1.82, 2.24) is 0 Å². The molecular formula is C70H50N2. The maximum absolute atomic E-state index is 2.53. The van der Waals surface area contributed by atoms with Gasteiger partial charge in [0.25, 0.3) is 0 Å². The predicted molar refractivity (Wildman–Crippen MR) is 301 cm³/mol. The molecule has 11 aromatic carbocycles. The number of fused-ring (bicyclic) bond motifs is 13. The van der Waals surface area contributed by atoms with E-state index in [0.717, 1.165) is 34.1 Å². The summed E-state index contributed by atoms with van der Waals surface area (Å²) in [5.41, 5.74) is 26.4. The first-order valence-corrected chi connectivity index (χ1v) is 25.2. The molecule has 0 radical (unpaired) electrons. The molecule has 0 N–H and O–H groups in total. The van der Waals surface area contributed by atoms with Crippen LogP contribution in [0.5, 0.6) is 0 Å². The molecule has 72 heavy (non-hydrogen) atoms. The molecule has 0 amide bonds. The van der Waals surface area contributed by atoms with Gasteiger partial charge < -0.3 is 9.80 Å². The van der Waals surface area contributed by atoms with Crippen LogP contribution in [-0.4, -0.2) is 0 Å². The molecule has 0 saturated heterocycles. The number of para-hydroxylation sites is 1. The predicted octanol–water partition coefficient (Wildman–Crippen LogP) is 18.6. The Kier molecular flexibility index (Phi) is 9.50. The summed E-state index contributed by atoms with van der Waals surface area (Å²) in [6, 6.07) is 99.1. The first-order valence-electron chi connectivity index (χ1n) is 25.2. The van der Waals surface area contributed by atoms with Crippen molar-refractivity contribution < 1.29 is 0 Å². The quantitative estimate of drug-likeness (QED) is 0.150. The van der Waals surface area contributed by atoms with Crippen molar-refractivity contribution in [3.05, 3.63) is 300 Å². The molecule has 0 fully saturated rings. The molecule has 14 rings (SSSR count). The van der Waals surface area contributed by atoms with Gasteiger partial charge in [-0.05, 0) is 150 Å². The first-order chi connectivity index (χ1) is 35.5. The van der Waals surface area contributed by atoms with E-state index >= 15 is 0 Å². The fraction of sp³-hybridized carbons (Fsp3) is 0.0571. The molecular weight excluding hydrogens is 869 g/mol. The fourth-order valence-electron chi connectivity index (χ4n) is 12.7. The lowest BCUT2D eigenvalue weighted by Gasteiger charge is -2.33. The molecule has 2 heteroatoms. The van der Waals surface area contributed by atoms with Gasteiger partial charge in [-0.2, -0.15) is 0 Å². The Balaban J connectivity index is 1.000. The van der Waals surface area contributed by atoms with Crippen LogP contribution in [0.4, 0.5) is 34.1 Å². The van der Waals surface area contributed by atoms with Crippen molar-refractivity contribution in [3.8, 4) is 55.6 Å². The van der Waals surface area contributed by atoms with Crippen LogP contribution in [0.3, 0.4) is 0 Å². The lowest BCUT2D eigenvalue weighted by molar-refractivity contribution is 0.660. The minimum Gasteiger partial charge on any atom is -0.310 e. The number of benzene rings is 11. The maximum atomic E-state index is 2.53. The largest absolute Gasteiger partial charge is 0.310 e. The van der Waals surface area contributed by atoms with Crippen molar-refractivity contribution in [1.29, 1.82) is 0 Å². The van der Waals surface area contributed by atoms with E-state index in [4.69, 9.17) is 0 Å². The fourth-order valence-corrected chi connectivity index (χ4v) is 12.7. The average Bonchev–Trinajstić information content (AvgIpc) is 4.00. The lowest BCUT2D eigenvalue weighted by Crippen LogP contribution is -2.26. The highest BCUT2D eigenvalue weighted by Gasteiger charge is 2.53. The highest BCUT2D eigenvalue weighted by Crippen LogP contribution is 2.65. The topological polar surface area (TPSA) is 6.48 Å². The van der Waals surface area contributed by atoms with Crippen molar-refractivity contribution in [2.75, 3.05) is 9.80 Å². The van der Waals surface area contributed by atoms with Crippen LogP contribution in [0.25, 0.3) is 55.6 Å². The van der Waals surface area contributed by atoms with Crippen LogP contribution < -0.4 is 9.80 Å². The van der Waals surface area contributed by atoms with Crippen molar-refractivity contribution in [3.63, 3.8) is 0 Å². The summed E-state index contributed by atoms with van der Waals surface area (Å²) in [6.07, 6.45) is 0. The van der Waals surface area contributed by atoms with Crippen LogP contribution in [0.2, 0.25) is 0 Å². The number of hydrogen-bond acceptors (Lipinski definition) is 2. The highest BCUT2D eigenvalue weighted by molar-refractivity contribution is 6.02. The summed E-state index contributed by atoms with van der Waals surface area (Å²) in [5, 5.41) is 0. The van der Waals surface area contributed by atoms with Crippen LogP contribution in [0, 0.1) is 0 Å². The van der Waals surface area contributed by atoms with E-state index in [2.05, 4.69) is 291 Å². The Labute approximate surface area is 422 Å². The van der Waals surface area contributed by atoms with Gasteiger partial charge in [0.15, 0.2) is 0 Å². The molecule has 0 aliphatic heterocycles. The van der Waals surface area contributed by atoms with E-state index in [0.29, 0.717) is 0 Å². The molecule has 0 saturated carbocycles. The molecule has 1 unspecified atom stereocenters. The van der Waals surface area contributed by atoms with E-state index in [9.17, 15) is 0 Å². The van der Waals surface area contributed by atoms with Gasteiger partial charge in [-0.3, -0.25) is 0 Å². The Hall–Kier alpha value is -8.98. The molecule has 1 atom stereocenters. The second-order valence-electron chi connectivity index (χ2n) is 20.0. The monoisotopic (exact) mass is 918 g/mol. The molecule has 11 aromatic rings. The van der Waals surface area contributed by atoms with Gasteiger partial charge in [0, 0.05) is 39.4 Å². The van der Waals surface area contributed by atoms with E-state index < -0.39 is 5.41 Å². The summed E-state index contributed by atoms with van der Waals surface area (Å²) in [6.45, 7) is 4.76. The van der Waals surface area contributed by atoms with Gasteiger partial charge in [-0.25, -0.2) is 0 Å². The smallest absolute Gasteiger partial charge is 0.0727 e. The van der Waals surface area contributed by atoms with E-state index in [-0.39, 0.29) is 5.41 Å². The minimum absolute atomic E-state index is 0.161. The third kappa shape index (κ3) is 6.22. The highest BCUT2D eigenvalue weighted by atomic mass is 15.2. The zero-order valence-electron chi connectivity index (χ0n) is 40.3. The molecule has 3 aliphatic rings. The first kappa shape index (κ1) is 41.9. The number of rotatable bonds is 8. The van der Waals surface area contributed by atoms with Crippen molar-refractivity contribution >= 4 is 34.1 Å². The average molecular weight is 919 g/mol. The molecule has 0 aromatic heterocycles. The lowest BCUT2D eigenvalue weighted by atomic mass is 9.70. The Morgan fingerprint density at radius 3 is 1.36 bits per heavy atom. The van der Waals surface area contributed by atoms with Gasteiger partial charge in [0.05, 0.1) is 11.1 Å². The van der Waals surface area contributed by atoms with E-state index in [1.165, 1.54) is 89.0 Å². The van der Waals surface area contributed by atoms with Crippen LogP contribution >= 0.6 is 0 Å². The van der Waals surface area contributed by atoms with Gasteiger partial charge in [-0.1, -0.05) is 214 Å². The molecule has 2 nitrogen and oxygen atoms in total. The third-order valence-electron chi connectivity index (χ3n) is 15.9. The number of anilines is 6. The zero-order chi connectivity index (χ0) is 48.0. The Morgan fingerprint density at radius 1 is 0.250 bits per heavy atom. The number of hydrogen-bond donors (Lipinski definition) is 0. The summed E-state index contributed by atoms with van der Waals surface area (Å²) in [5.74, 6) is 0. The standard InChI is InChI=1S/C70H50N2/c1-69(2)61-31-15-12-28-56(61)58-42-41-55(45-65(58)69)72(52-38-36-49(37-39-52)47-20-6-3-7-21-47)67-35-19-34-64-68(67)60-30-14-17-33-63(60)70(64)62-32-16-13-29-57(62)59-43-40-54(46-66(59)70)71(51-25-10-5-11-26-51)53-27-18-24-50(44-53)48-22-8-4-9-23-48/h3-46H,1-2H3.